The number of ether oxygens (including phenoxy) is 1. The van der Waals surface area contributed by atoms with Gasteiger partial charge in [0.05, 0.1) is 17.9 Å². The third-order valence-electron chi connectivity index (χ3n) is 6.30. The second-order valence-electron chi connectivity index (χ2n) is 8.89. The minimum absolute atomic E-state index is 0.114. The van der Waals surface area contributed by atoms with Gasteiger partial charge in [-0.05, 0) is 50.1 Å². The first-order valence-electron chi connectivity index (χ1n) is 11.6. The van der Waals surface area contributed by atoms with Gasteiger partial charge in [-0.1, -0.05) is 25.0 Å². The zero-order chi connectivity index (χ0) is 23.3. The highest BCUT2D eigenvalue weighted by atomic mass is 16.5. The number of hydrogen-bond acceptors (Lipinski definition) is 5. The first-order valence-corrected chi connectivity index (χ1v) is 11.6. The smallest absolute Gasteiger partial charge is 0.252 e. The fraction of sp³-hybridized carbons (Fsp3) is 0.440. The van der Waals surface area contributed by atoms with E-state index >= 15 is 0 Å². The Kier molecular flexibility index (Phi) is 7.03. The van der Waals surface area contributed by atoms with Crippen LogP contribution in [0.4, 0.5) is 0 Å². The van der Waals surface area contributed by atoms with E-state index in [0.29, 0.717) is 31.7 Å². The highest BCUT2D eigenvalue weighted by Gasteiger charge is 2.39. The summed E-state index contributed by atoms with van der Waals surface area (Å²) in [6.07, 6.45) is 10.5. The van der Waals surface area contributed by atoms with E-state index in [-0.39, 0.29) is 17.9 Å². The van der Waals surface area contributed by atoms with Crippen LogP contribution in [0.1, 0.15) is 63.7 Å². The van der Waals surface area contributed by atoms with Crippen molar-refractivity contribution in [1.29, 1.82) is 0 Å². The van der Waals surface area contributed by atoms with Crippen LogP contribution in [0, 0.1) is 0 Å². The van der Waals surface area contributed by atoms with Crippen LogP contribution in [0.25, 0.3) is 22.0 Å². The van der Waals surface area contributed by atoms with Crippen LogP contribution >= 0.6 is 0 Å². The molecule has 3 aromatic rings. The quantitative estimate of drug-likeness (QED) is 0.406. The molecule has 3 heterocycles. The van der Waals surface area contributed by atoms with Crippen LogP contribution in [-0.4, -0.2) is 39.0 Å². The van der Waals surface area contributed by atoms with Crippen molar-refractivity contribution in [1.82, 2.24) is 20.3 Å². The number of unbranched alkanes of at least 4 members (excludes halogenated alkanes) is 2. The number of aromatic nitrogens is 3. The fourth-order valence-corrected chi connectivity index (χ4v) is 4.28. The van der Waals surface area contributed by atoms with Gasteiger partial charge in [-0.25, -0.2) is 4.98 Å². The zero-order valence-electron chi connectivity index (χ0n) is 19.0. The van der Waals surface area contributed by atoms with Gasteiger partial charge in [0, 0.05) is 36.4 Å². The standard InChI is InChI=1S/C25H31N5O3/c1-25(11-5-13-33-25)24(32)30-20(6-3-2-4-7-22(26)31)23-28-16-21(29-23)18-9-8-17-10-12-27-15-19(17)14-18/h8-10,12,14-16,20H,2-7,11,13H2,1H3,(H2,26,31)(H,28,29)(H,30,32)/t20-,25?/m0/s1. The molecule has 1 fully saturated rings. The monoisotopic (exact) mass is 449 g/mol. The van der Waals surface area contributed by atoms with Crippen molar-refractivity contribution in [3.05, 3.63) is 48.7 Å². The van der Waals surface area contributed by atoms with Crippen molar-refractivity contribution in [2.45, 2.75) is 63.5 Å². The Hall–Kier alpha value is -3.26. The summed E-state index contributed by atoms with van der Waals surface area (Å²) in [5.74, 6) is 0.311. The summed E-state index contributed by atoms with van der Waals surface area (Å²) in [6, 6.07) is 7.88. The number of pyridine rings is 1. The van der Waals surface area contributed by atoms with Crippen LogP contribution in [0.5, 0.6) is 0 Å². The number of imidazole rings is 1. The molecular weight excluding hydrogens is 418 g/mol. The van der Waals surface area contributed by atoms with E-state index in [1.165, 1.54) is 0 Å². The largest absolute Gasteiger partial charge is 0.370 e. The molecule has 1 aromatic carbocycles. The second-order valence-corrected chi connectivity index (χ2v) is 8.89. The number of nitrogens with zero attached hydrogens (tertiary/aromatic N) is 2. The molecule has 33 heavy (non-hydrogen) atoms. The molecule has 4 rings (SSSR count). The number of carbonyl (C=O) groups is 2. The number of aromatic amines is 1. The van der Waals surface area contributed by atoms with Gasteiger partial charge in [0.25, 0.3) is 5.91 Å². The van der Waals surface area contributed by atoms with Crippen molar-refractivity contribution in [2.75, 3.05) is 6.61 Å². The fourth-order valence-electron chi connectivity index (χ4n) is 4.28. The number of benzene rings is 1. The topological polar surface area (TPSA) is 123 Å². The predicted octanol–water partition coefficient (Wildman–Crippen LogP) is 3.79. The molecule has 2 aromatic heterocycles. The van der Waals surface area contributed by atoms with Gasteiger partial charge < -0.3 is 20.8 Å². The van der Waals surface area contributed by atoms with Crippen LogP contribution in [0.3, 0.4) is 0 Å². The molecule has 1 aliphatic heterocycles. The molecule has 0 spiro atoms. The number of carbonyl (C=O) groups excluding carboxylic acids is 2. The number of H-pyrrole nitrogens is 1. The SMILES string of the molecule is CC1(C(=O)N[C@@H](CCCCCC(N)=O)c2ncc(-c3ccc4ccncc4c3)[nH]2)CCCO1. The number of primary amides is 1. The lowest BCUT2D eigenvalue weighted by Crippen LogP contribution is -2.45. The van der Waals surface area contributed by atoms with E-state index < -0.39 is 5.60 Å². The van der Waals surface area contributed by atoms with Crippen LogP contribution in [0.2, 0.25) is 0 Å². The summed E-state index contributed by atoms with van der Waals surface area (Å²) >= 11 is 0. The Morgan fingerprint density at radius 1 is 1.21 bits per heavy atom. The Morgan fingerprint density at radius 3 is 2.88 bits per heavy atom. The number of nitrogens with one attached hydrogen (secondary N) is 2. The van der Waals surface area contributed by atoms with Gasteiger partial charge >= 0.3 is 0 Å². The molecule has 1 saturated heterocycles. The lowest BCUT2D eigenvalue weighted by Gasteiger charge is -2.25. The molecule has 174 valence electrons. The van der Waals surface area contributed by atoms with Crippen molar-refractivity contribution < 1.29 is 14.3 Å². The first kappa shape index (κ1) is 22.9. The summed E-state index contributed by atoms with van der Waals surface area (Å²) in [5, 5.41) is 5.33. The summed E-state index contributed by atoms with van der Waals surface area (Å²) in [6.45, 7) is 2.44. The highest BCUT2D eigenvalue weighted by molar-refractivity contribution is 5.86. The third kappa shape index (κ3) is 5.57. The van der Waals surface area contributed by atoms with Crippen LogP contribution in [-0.2, 0) is 14.3 Å². The molecule has 0 aliphatic carbocycles. The maximum atomic E-state index is 13.0. The lowest BCUT2D eigenvalue weighted by atomic mass is 10.00. The molecule has 0 radical (unpaired) electrons. The lowest BCUT2D eigenvalue weighted by molar-refractivity contribution is -0.140. The molecule has 1 aliphatic rings. The molecular formula is C25H31N5O3. The number of rotatable bonds is 10. The Bertz CT molecular complexity index is 1120. The predicted molar refractivity (Wildman–Crippen MR) is 126 cm³/mol. The summed E-state index contributed by atoms with van der Waals surface area (Å²) in [5.41, 5.74) is 6.33. The third-order valence-corrected chi connectivity index (χ3v) is 6.30. The van der Waals surface area contributed by atoms with E-state index in [9.17, 15) is 9.59 Å². The van der Waals surface area contributed by atoms with E-state index in [1.807, 2.05) is 25.3 Å². The molecule has 4 N–H and O–H groups in total. The zero-order valence-corrected chi connectivity index (χ0v) is 19.0. The van der Waals surface area contributed by atoms with Crippen molar-refractivity contribution >= 4 is 22.6 Å². The Balaban J connectivity index is 1.50. The minimum atomic E-state index is -0.801. The molecule has 0 saturated carbocycles. The van der Waals surface area contributed by atoms with Gasteiger partial charge in [-0.3, -0.25) is 14.6 Å². The average Bonchev–Trinajstić information content (AvgIpc) is 3.48. The maximum Gasteiger partial charge on any atom is 0.252 e. The summed E-state index contributed by atoms with van der Waals surface area (Å²) in [4.78, 5) is 36.2. The average molecular weight is 450 g/mol. The molecule has 8 nitrogen and oxygen atoms in total. The van der Waals surface area contributed by atoms with Gasteiger partial charge in [-0.2, -0.15) is 0 Å². The number of nitrogens with two attached hydrogens (primary N) is 1. The van der Waals surface area contributed by atoms with Gasteiger partial charge in [-0.15, -0.1) is 0 Å². The van der Waals surface area contributed by atoms with Crippen molar-refractivity contribution in [3.8, 4) is 11.3 Å². The number of amides is 2. The summed E-state index contributed by atoms with van der Waals surface area (Å²) < 4.78 is 5.72. The van der Waals surface area contributed by atoms with Crippen LogP contribution in [0.15, 0.2) is 42.9 Å². The van der Waals surface area contributed by atoms with E-state index in [4.69, 9.17) is 10.5 Å². The molecule has 2 atom stereocenters. The number of fused-ring (bicyclic) bond motifs is 1. The number of hydrogen-bond donors (Lipinski definition) is 3. The van der Waals surface area contributed by atoms with Crippen molar-refractivity contribution in [2.24, 2.45) is 5.73 Å². The summed E-state index contributed by atoms with van der Waals surface area (Å²) in [7, 11) is 0. The Morgan fingerprint density at radius 2 is 2.09 bits per heavy atom. The molecule has 1 unspecified atom stereocenters. The highest BCUT2D eigenvalue weighted by Crippen LogP contribution is 2.29. The normalized spacial score (nSPS) is 18.9. The van der Waals surface area contributed by atoms with Crippen molar-refractivity contribution in [3.63, 3.8) is 0 Å². The maximum absolute atomic E-state index is 13.0. The van der Waals surface area contributed by atoms with E-state index in [0.717, 1.165) is 47.7 Å². The van der Waals surface area contributed by atoms with Crippen LogP contribution < -0.4 is 11.1 Å². The minimum Gasteiger partial charge on any atom is -0.370 e. The van der Waals surface area contributed by atoms with E-state index in [1.54, 1.807) is 12.4 Å². The molecule has 8 heteroatoms. The molecule has 0 bridgehead atoms. The van der Waals surface area contributed by atoms with E-state index in [2.05, 4.69) is 32.4 Å². The van der Waals surface area contributed by atoms with Gasteiger partial charge in [0.15, 0.2) is 0 Å². The second kappa shape index (κ2) is 10.1. The van der Waals surface area contributed by atoms with Gasteiger partial charge in [0.2, 0.25) is 5.91 Å². The first-order chi connectivity index (χ1) is 15.9. The molecule has 2 amide bonds. The Labute approximate surface area is 193 Å². The van der Waals surface area contributed by atoms with Gasteiger partial charge in [0.1, 0.15) is 11.4 Å².